The molecule has 1 aliphatic carbocycles. The highest BCUT2D eigenvalue weighted by molar-refractivity contribution is 14.0. The largest absolute Gasteiger partial charge is 0.378 e. The molecule has 1 aliphatic heterocycles. The van der Waals surface area contributed by atoms with Crippen molar-refractivity contribution in [3.63, 3.8) is 0 Å². The minimum absolute atomic E-state index is 0. The Hall–Kier alpha value is -0.410. The highest BCUT2D eigenvalue weighted by atomic mass is 127. The van der Waals surface area contributed by atoms with Gasteiger partial charge in [0.15, 0.2) is 5.96 Å². The third-order valence-electron chi connectivity index (χ3n) is 5.71. The van der Waals surface area contributed by atoms with E-state index in [0.717, 1.165) is 56.0 Å². The number of aliphatic imine (C=N–C) groups is 1. The number of likely N-dealkylation sites (tertiary alicyclic amines) is 1. The molecule has 7 heteroatoms. The number of hydrogen-bond donors (Lipinski definition) is 1. The van der Waals surface area contributed by atoms with Gasteiger partial charge in [-0.25, -0.2) is 4.98 Å². The minimum Gasteiger partial charge on any atom is -0.378 e. The van der Waals surface area contributed by atoms with Crippen molar-refractivity contribution in [1.82, 2.24) is 15.2 Å². The second kappa shape index (κ2) is 11.1. The molecule has 0 bridgehead atoms. The molecule has 5 nitrogen and oxygen atoms in total. The molecule has 2 fully saturated rings. The number of nitrogens with one attached hydrogen (secondary N) is 1. The van der Waals surface area contributed by atoms with Crippen LogP contribution in [-0.4, -0.2) is 48.7 Å². The average Bonchev–Trinajstić information content (AvgIpc) is 3.33. The summed E-state index contributed by atoms with van der Waals surface area (Å²) in [5.74, 6) is 1.80. The van der Waals surface area contributed by atoms with Gasteiger partial charge in [-0.2, -0.15) is 0 Å². The summed E-state index contributed by atoms with van der Waals surface area (Å²) < 4.78 is 6.20. The lowest BCUT2D eigenvalue weighted by molar-refractivity contribution is 0.00101. The Labute approximate surface area is 191 Å². The molecule has 1 saturated heterocycles. The van der Waals surface area contributed by atoms with Crippen LogP contribution in [-0.2, 0) is 16.7 Å². The molecule has 1 aromatic heterocycles. The molecule has 3 rings (SSSR count). The van der Waals surface area contributed by atoms with E-state index < -0.39 is 0 Å². The van der Waals surface area contributed by atoms with Crippen LogP contribution in [0.3, 0.4) is 0 Å². The molecule has 2 heterocycles. The monoisotopic (exact) mass is 520 g/mol. The molecule has 28 heavy (non-hydrogen) atoms. The van der Waals surface area contributed by atoms with E-state index in [0.29, 0.717) is 6.10 Å². The molecule has 0 atom stereocenters. The Morgan fingerprint density at radius 3 is 2.50 bits per heavy atom. The van der Waals surface area contributed by atoms with Crippen LogP contribution in [0.25, 0.3) is 0 Å². The zero-order chi connectivity index (χ0) is 19.3. The maximum atomic E-state index is 6.20. The van der Waals surface area contributed by atoms with E-state index in [2.05, 4.69) is 41.4 Å². The van der Waals surface area contributed by atoms with Crippen LogP contribution in [0.4, 0.5) is 0 Å². The topological polar surface area (TPSA) is 49.8 Å². The van der Waals surface area contributed by atoms with E-state index in [1.807, 2.05) is 7.05 Å². The Kier molecular flexibility index (Phi) is 9.47. The minimum atomic E-state index is 0. The quantitative estimate of drug-likeness (QED) is 0.344. The molecular formula is C21H37IN4OS. The Morgan fingerprint density at radius 1 is 1.25 bits per heavy atom. The van der Waals surface area contributed by atoms with E-state index in [4.69, 9.17) is 9.72 Å². The van der Waals surface area contributed by atoms with Crippen LogP contribution in [0.15, 0.2) is 10.4 Å². The predicted molar refractivity (Wildman–Crippen MR) is 129 cm³/mol. The number of hydrogen-bond acceptors (Lipinski definition) is 4. The van der Waals surface area contributed by atoms with Gasteiger partial charge in [0.05, 0.1) is 18.3 Å². The lowest BCUT2D eigenvalue weighted by atomic mass is 9.93. The van der Waals surface area contributed by atoms with E-state index in [1.54, 1.807) is 11.3 Å². The summed E-state index contributed by atoms with van der Waals surface area (Å²) in [5, 5.41) is 6.79. The number of thiazole rings is 1. The Bertz CT molecular complexity index is 614. The Morgan fingerprint density at radius 2 is 1.93 bits per heavy atom. The second-order valence-electron chi connectivity index (χ2n) is 8.95. The molecule has 0 radical (unpaired) electrons. The van der Waals surface area contributed by atoms with Crippen molar-refractivity contribution >= 4 is 41.3 Å². The van der Waals surface area contributed by atoms with Crippen molar-refractivity contribution < 1.29 is 4.74 Å². The number of guanidine groups is 1. The summed E-state index contributed by atoms with van der Waals surface area (Å²) in [7, 11) is 1.87. The zero-order valence-electron chi connectivity index (χ0n) is 17.9. The van der Waals surface area contributed by atoms with Crippen LogP contribution in [0, 0.1) is 5.92 Å². The maximum Gasteiger partial charge on any atom is 0.193 e. The van der Waals surface area contributed by atoms with Gasteiger partial charge in [0.25, 0.3) is 0 Å². The first-order chi connectivity index (χ1) is 13.0. The third kappa shape index (κ3) is 6.83. The summed E-state index contributed by atoms with van der Waals surface area (Å²) in [6.45, 7) is 10.4. The molecule has 1 saturated carbocycles. The average molecular weight is 521 g/mol. The van der Waals surface area contributed by atoms with Crippen molar-refractivity contribution in [3.05, 3.63) is 16.1 Å². The highest BCUT2D eigenvalue weighted by Crippen LogP contribution is 2.26. The van der Waals surface area contributed by atoms with Crippen LogP contribution >= 0.6 is 35.3 Å². The molecule has 0 aromatic carbocycles. The van der Waals surface area contributed by atoms with E-state index in [-0.39, 0.29) is 29.4 Å². The fourth-order valence-corrected chi connectivity index (χ4v) is 4.87. The summed E-state index contributed by atoms with van der Waals surface area (Å²) in [5.41, 5.74) is 1.27. The number of halogens is 1. The van der Waals surface area contributed by atoms with Crippen molar-refractivity contribution in [3.8, 4) is 0 Å². The van der Waals surface area contributed by atoms with Gasteiger partial charge in [0.2, 0.25) is 0 Å². The lowest BCUT2D eigenvalue weighted by Crippen LogP contribution is -2.46. The smallest absolute Gasteiger partial charge is 0.193 e. The Balaban J connectivity index is 0.00000280. The van der Waals surface area contributed by atoms with E-state index in [1.165, 1.54) is 31.4 Å². The van der Waals surface area contributed by atoms with Crippen molar-refractivity contribution in [2.24, 2.45) is 10.9 Å². The molecule has 0 amide bonds. The standard InChI is InChI=1S/C21H36N4OS.HI/c1-21(2,3)18-15-27-19(24-18)13-23-20(22-4)25-11-9-17(10-12-25)26-14-16-7-5-6-8-16;/h15-17H,5-14H2,1-4H3,(H,22,23);1H. The lowest BCUT2D eigenvalue weighted by Gasteiger charge is -2.34. The van der Waals surface area contributed by atoms with Gasteiger partial charge in [0, 0.05) is 37.5 Å². The second-order valence-corrected chi connectivity index (χ2v) is 9.89. The van der Waals surface area contributed by atoms with Crippen LogP contribution < -0.4 is 5.32 Å². The van der Waals surface area contributed by atoms with E-state index >= 15 is 0 Å². The zero-order valence-corrected chi connectivity index (χ0v) is 21.0. The van der Waals surface area contributed by atoms with Gasteiger partial charge in [-0.15, -0.1) is 35.3 Å². The first-order valence-electron chi connectivity index (χ1n) is 10.5. The number of piperidine rings is 1. The molecule has 2 aliphatic rings. The molecule has 0 spiro atoms. The fraction of sp³-hybridized carbons (Fsp3) is 0.810. The highest BCUT2D eigenvalue weighted by Gasteiger charge is 2.24. The maximum absolute atomic E-state index is 6.20. The predicted octanol–water partition coefficient (Wildman–Crippen LogP) is 4.81. The first-order valence-corrected chi connectivity index (χ1v) is 11.4. The first kappa shape index (κ1) is 23.9. The molecule has 1 N–H and O–H groups in total. The summed E-state index contributed by atoms with van der Waals surface area (Å²) in [4.78, 5) is 11.6. The summed E-state index contributed by atoms with van der Waals surface area (Å²) in [6, 6.07) is 0. The molecule has 160 valence electrons. The number of aromatic nitrogens is 1. The van der Waals surface area contributed by atoms with Crippen LogP contribution in [0.2, 0.25) is 0 Å². The summed E-state index contributed by atoms with van der Waals surface area (Å²) in [6.07, 6.45) is 8.13. The molecule has 1 aromatic rings. The number of rotatable bonds is 5. The van der Waals surface area contributed by atoms with Gasteiger partial charge in [-0.3, -0.25) is 4.99 Å². The van der Waals surface area contributed by atoms with Gasteiger partial charge in [-0.1, -0.05) is 33.6 Å². The van der Waals surface area contributed by atoms with E-state index in [9.17, 15) is 0 Å². The van der Waals surface area contributed by atoms with Gasteiger partial charge in [0.1, 0.15) is 5.01 Å². The molecular weight excluding hydrogens is 483 g/mol. The molecule has 0 unspecified atom stereocenters. The van der Waals surface area contributed by atoms with Gasteiger partial charge in [-0.05, 0) is 31.6 Å². The fourth-order valence-electron chi connectivity index (χ4n) is 3.91. The van der Waals surface area contributed by atoms with Crippen molar-refractivity contribution in [1.29, 1.82) is 0 Å². The van der Waals surface area contributed by atoms with Crippen molar-refractivity contribution in [2.75, 3.05) is 26.7 Å². The van der Waals surface area contributed by atoms with Gasteiger partial charge >= 0.3 is 0 Å². The summed E-state index contributed by atoms with van der Waals surface area (Å²) >= 11 is 1.73. The van der Waals surface area contributed by atoms with Crippen molar-refractivity contribution in [2.45, 2.75) is 77.4 Å². The number of ether oxygens (including phenoxy) is 1. The van der Waals surface area contributed by atoms with Crippen LogP contribution in [0.1, 0.15) is 70.0 Å². The van der Waals surface area contributed by atoms with Gasteiger partial charge < -0.3 is 15.0 Å². The number of nitrogens with zero attached hydrogens (tertiary/aromatic N) is 3. The SMILES string of the molecule is CN=C(NCc1nc(C(C)(C)C)cs1)N1CCC(OCC2CCCC2)CC1.I. The van der Waals surface area contributed by atoms with Crippen LogP contribution in [0.5, 0.6) is 0 Å². The normalized spacial score (nSPS) is 19.7. The third-order valence-corrected chi connectivity index (χ3v) is 6.56.